The van der Waals surface area contributed by atoms with Crippen molar-refractivity contribution in [2.75, 3.05) is 35.2 Å². The van der Waals surface area contributed by atoms with Crippen LogP contribution in [0.1, 0.15) is 6.42 Å². The van der Waals surface area contributed by atoms with E-state index in [0.717, 1.165) is 11.8 Å². The third-order valence-electron chi connectivity index (χ3n) is 2.98. The summed E-state index contributed by atoms with van der Waals surface area (Å²) in [5, 5.41) is 17.2. The van der Waals surface area contributed by atoms with E-state index in [9.17, 15) is 13.2 Å². The fourth-order valence-corrected chi connectivity index (χ4v) is 3.87. The van der Waals surface area contributed by atoms with Gasteiger partial charge in [0, 0.05) is 20.1 Å². The minimum atomic E-state index is -2.97. The molecule has 112 valence electrons. The van der Waals surface area contributed by atoms with E-state index in [1.165, 1.54) is 0 Å². The fraction of sp³-hybridized carbons (Fsp3) is 0.700. The highest BCUT2D eigenvalue weighted by Gasteiger charge is 2.23. The molecule has 1 aliphatic rings. The highest BCUT2D eigenvalue weighted by atomic mass is 32.2. The Morgan fingerprint density at radius 2 is 2.10 bits per heavy atom. The number of carbonyl (C=O) groups is 1. The number of carboxylic acids is 1. The summed E-state index contributed by atoms with van der Waals surface area (Å²) in [4.78, 5) is 12.4. The molecule has 8 nitrogen and oxygen atoms in total. The van der Waals surface area contributed by atoms with Crippen molar-refractivity contribution in [2.45, 2.75) is 11.6 Å². The van der Waals surface area contributed by atoms with Gasteiger partial charge in [-0.15, -0.1) is 10.2 Å². The molecule has 0 unspecified atom stereocenters. The molecule has 1 aromatic rings. The summed E-state index contributed by atoms with van der Waals surface area (Å²) in [5.74, 6) is -0.116. The van der Waals surface area contributed by atoms with Crippen LogP contribution in [0.15, 0.2) is 5.16 Å². The maximum Gasteiger partial charge on any atom is 0.313 e. The Bertz CT molecular complexity index is 598. The van der Waals surface area contributed by atoms with Gasteiger partial charge in [-0.05, 0) is 6.42 Å². The lowest BCUT2D eigenvalue weighted by Gasteiger charge is -2.20. The molecule has 0 atom stereocenters. The van der Waals surface area contributed by atoms with Crippen LogP contribution in [0.25, 0.3) is 0 Å². The molecule has 0 aromatic carbocycles. The Kier molecular flexibility index (Phi) is 4.53. The molecule has 20 heavy (non-hydrogen) atoms. The molecule has 0 saturated carbocycles. The zero-order valence-corrected chi connectivity index (χ0v) is 12.7. The minimum absolute atomic E-state index is 0.0830. The number of rotatable bonds is 4. The molecule has 0 aliphatic carbocycles. The van der Waals surface area contributed by atoms with Crippen LogP contribution in [0.3, 0.4) is 0 Å². The summed E-state index contributed by atoms with van der Waals surface area (Å²) in [6.45, 7) is 0.993. The predicted molar refractivity (Wildman–Crippen MR) is 74.8 cm³/mol. The van der Waals surface area contributed by atoms with Crippen molar-refractivity contribution >= 4 is 33.5 Å². The van der Waals surface area contributed by atoms with Gasteiger partial charge in [-0.1, -0.05) is 11.8 Å². The number of anilines is 1. The average molecular weight is 320 g/mol. The first-order valence-electron chi connectivity index (χ1n) is 6.08. The standard InChI is InChI=1S/C10H16N4O4S2/c1-13-9(11-12-10(13)19-7-8(15)16)14-3-2-5-20(17,18)6-4-14/h2-7H2,1H3,(H,15,16). The van der Waals surface area contributed by atoms with Gasteiger partial charge in [-0.3, -0.25) is 9.36 Å². The Balaban J connectivity index is 2.11. The Morgan fingerprint density at radius 1 is 1.35 bits per heavy atom. The number of hydrogen-bond donors (Lipinski definition) is 1. The number of aliphatic carboxylic acids is 1. The highest BCUT2D eigenvalue weighted by molar-refractivity contribution is 7.99. The quantitative estimate of drug-likeness (QED) is 0.748. The molecule has 1 fully saturated rings. The first-order valence-corrected chi connectivity index (χ1v) is 8.89. The van der Waals surface area contributed by atoms with Crippen molar-refractivity contribution in [2.24, 2.45) is 7.05 Å². The van der Waals surface area contributed by atoms with Crippen molar-refractivity contribution in [3.63, 3.8) is 0 Å². The average Bonchev–Trinajstić information content (AvgIpc) is 2.62. The molecule has 2 rings (SSSR count). The Labute approximate surface area is 121 Å². The molecule has 1 aromatic heterocycles. The molecule has 1 aliphatic heterocycles. The smallest absolute Gasteiger partial charge is 0.313 e. The number of aromatic nitrogens is 3. The van der Waals surface area contributed by atoms with Crippen LogP contribution < -0.4 is 4.90 Å². The van der Waals surface area contributed by atoms with Crippen molar-refractivity contribution in [3.8, 4) is 0 Å². The normalized spacial score (nSPS) is 18.8. The monoisotopic (exact) mass is 320 g/mol. The van der Waals surface area contributed by atoms with Crippen LogP contribution in [-0.4, -0.2) is 64.6 Å². The SMILES string of the molecule is Cn1c(SCC(=O)O)nnc1N1CCCS(=O)(=O)CC1. The Hall–Kier alpha value is -1.29. The maximum absolute atomic E-state index is 11.6. The van der Waals surface area contributed by atoms with Gasteiger partial charge in [0.1, 0.15) is 0 Å². The van der Waals surface area contributed by atoms with Crippen LogP contribution in [0.5, 0.6) is 0 Å². The zero-order chi connectivity index (χ0) is 14.8. The molecule has 1 saturated heterocycles. The molecule has 0 bridgehead atoms. The first-order chi connectivity index (χ1) is 9.39. The van der Waals surface area contributed by atoms with Crippen LogP contribution in [0.2, 0.25) is 0 Å². The number of sulfone groups is 1. The van der Waals surface area contributed by atoms with Crippen LogP contribution >= 0.6 is 11.8 Å². The van der Waals surface area contributed by atoms with E-state index in [-0.39, 0.29) is 17.3 Å². The summed E-state index contributed by atoms with van der Waals surface area (Å²) in [5.41, 5.74) is 0. The number of hydrogen-bond acceptors (Lipinski definition) is 7. The van der Waals surface area contributed by atoms with Crippen LogP contribution in [-0.2, 0) is 21.7 Å². The predicted octanol–water partition coefficient (Wildman–Crippen LogP) is -0.383. The van der Waals surface area contributed by atoms with E-state index >= 15 is 0 Å². The summed E-state index contributed by atoms with van der Waals surface area (Å²) >= 11 is 1.09. The number of carboxylic acid groups (broad SMARTS) is 1. The fourth-order valence-electron chi connectivity index (χ4n) is 1.97. The van der Waals surface area contributed by atoms with Gasteiger partial charge >= 0.3 is 5.97 Å². The molecular weight excluding hydrogens is 304 g/mol. The molecular formula is C10H16N4O4S2. The molecule has 1 N–H and O–H groups in total. The van der Waals surface area contributed by atoms with E-state index in [1.807, 2.05) is 4.90 Å². The van der Waals surface area contributed by atoms with Crippen LogP contribution in [0.4, 0.5) is 5.95 Å². The lowest BCUT2D eigenvalue weighted by atomic mass is 10.4. The molecule has 0 amide bonds. The van der Waals surface area contributed by atoms with Gasteiger partial charge in [0.15, 0.2) is 15.0 Å². The number of thioether (sulfide) groups is 1. The molecule has 10 heteroatoms. The van der Waals surface area contributed by atoms with Gasteiger partial charge in [0.05, 0.1) is 17.3 Å². The van der Waals surface area contributed by atoms with Crippen molar-refractivity contribution in [1.29, 1.82) is 0 Å². The second-order valence-corrected chi connectivity index (χ2v) is 7.76. The van der Waals surface area contributed by atoms with E-state index in [2.05, 4.69) is 10.2 Å². The largest absolute Gasteiger partial charge is 0.481 e. The van der Waals surface area contributed by atoms with E-state index in [4.69, 9.17) is 5.11 Å². The second kappa shape index (κ2) is 6.00. The first kappa shape index (κ1) is 15.1. The summed E-state index contributed by atoms with van der Waals surface area (Å²) < 4.78 is 24.9. The van der Waals surface area contributed by atoms with Crippen molar-refractivity contribution in [3.05, 3.63) is 0 Å². The van der Waals surface area contributed by atoms with Gasteiger partial charge in [-0.2, -0.15) is 0 Å². The molecule has 0 radical (unpaired) electrons. The lowest BCUT2D eigenvalue weighted by Crippen LogP contribution is -2.29. The maximum atomic E-state index is 11.6. The Morgan fingerprint density at radius 3 is 2.80 bits per heavy atom. The molecule has 2 heterocycles. The third-order valence-corrected chi connectivity index (χ3v) is 5.70. The highest BCUT2D eigenvalue weighted by Crippen LogP contribution is 2.21. The van der Waals surface area contributed by atoms with Crippen molar-refractivity contribution in [1.82, 2.24) is 14.8 Å². The number of nitrogens with zero attached hydrogens (tertiary/aromatic N) is 4. The zero-order valence-electron chi connectivity index (χ0n) is 11.0. The van der Waals surface area contributed by atoms with Crippen molar-refractivity contribution < 1.29 is 18.3 Å². The van der Waals surface area contributed by atoms with Gasteiger partial charge in [0.2, 0.25) is 5.95 Å². The minimum Gasteiger partial charge on any atom is -0.481 e. The molecule has 0 spiro atoms. The van der Waals surface area contributed by atoms with E-state index in [1.54, 1.807) is 11.6 Å². The third kappa shape index (κ3) is 3.63. The van der Waals surface area contributed by atoms with E-state index in [0.29, 0.717) is 30.6 Å². The van der Waals surface area contributed by atoms with Gasteiger partial charge < -0.3 is 10.0 Å². The summed E-state index contributed by atoms with van der Waals surface area (Å²) in [6.07, 6.45) is 0.562. The second-order valence-electron chi connectivity index (χ2n) is 4.52. The van der Waals surface area contributed by atoms with Gasteiger partial charge in [-0.25, -0.2) is 8.42 Å². The topological polar surface area (TPSA) is 105 Å². The van der Waals surface area contributed by atoms with Crippen LogP contribution in [0, 0.1) is 0 Å². The summed E-state index contributed by atoms with van der Waals surface area (Å²) in [6, 6.07) is 0. The van der Waals surface area contributed by atoms with E-state index < -0.39 is 15.8 Å². The van der Waals surface area contributed by atoms with Gasteiger partial charge in [0.25, 0.3) is 0 Å². The lowest BCUT2D eigenvalue weighted by molar-refractivity contribution is -0.133. The summed E-state index contributed by atoms with van der Waals surface area (Å²) in [7, 11) is -1.22.